The maximum Gasteiger partial charge on any atom is 0.0619 e. The second-order valence-corrected chi connectivity index (χ2v) is 14.9. The molecule has 240 valence electrons. The standard InChI is InChI=1S/C48H31NS2/c1-3-16-32(17-4-1)34-23-13-27-41-46-38(40-26-14-25-39-35-20-7-10-28-42(35)49(47(39)40)33-18-5-2-6-19-33)24-15-31-45(46)50-43-29-11-8-21-36(43)37-22-9-12-30-44(37)51-48(34)41/h1-31H. The molecule has 1 aromatic heterocycles. The third-order valence-corrected chi connectivity index (χ3v) is 12.2. The average Bonchev–Trinajstić information content (AvgIpc) is 3.54. The average molecular weight is 686 g/mol. The van der Waals surface area contributed by atoms with Crippen LogP contribution in [0.2, 0.25) is 0 Å². The summed E-state index contributed by atoms with van der Waals surface area (Å²) < 4.78 is 2.45. The first-order chi connectivity index (χ1) is 25.3. The van der Waals surface area contributed by atoms with Crippen LogP contribution < -0.4 is 0 Å². The lowest BCUT2D eigenvalue weighted by Gasteiger charge is -2.24. The van der Waals surface area contributed by atoms with Crippen LogP contribution >= 0.6 is 23.5 Å². The molecule has 0 unspecified atom stereocenters. The molecule has 1 aliphatic heterocycles. The van der Waals surface area contributed by atoms with Crippen LogP contribution in [0, 0.1) is 0 Å². The molecule has 1 aliphatic rings. The lowest BCUT2D eigenvalue weighted by molar-refractivity contribution is 1.18. The van der Waals surface area contributed by atoms with Crippen molar-refractivity contribution in [2.24, 2.45) is 0 Å². The van der Waals surface area contributed by atoms with Crippen LogP contribution in [-0.4, -0.2) is 4.57 Å². The summed E-state index contributed by atoms with van der Waals surface area (Å²) in [5.41, 5.74) is 13.5. The van der Waals surface area contributed by atoms with Crippen LogP contribution in [0.3, 0.4) is 0 Å². The van der Waals surface area contributed by atoms with E-state index in [1.54, 1.807) is 0 Å². The maximum absolute atomic E-state index is 2.45. The Morgan fingerprint density at radius 2 is 0.863 bits per heavy atom. The molecule has 10 rings (SSSR count). The molecule has 0 saturated carbocycles. The van der Waals surface area contributed by atoms with Crippen molar-refractivity contribution in [2.45, 2.75) is 19.6 Å². The summed E-state index contributed by atoms with van der Waals surface area (Å²) >= 11 is 3.76. The zero-order chi connectivity index (χ0) is 33.7. The van der Waals surface area contributed by atoms with Crippen LogP contribution in [0.15, 0.2) is 208 Å². The highest BCUT2D eigenvalue weighted by atomic mass is 32.2. The zero-order valence-corrected chi connectivity index (χ0v) is 29.3. The Morgan fingerprint density at radius 3 is 1.67 bits per heavy atom. The van der Waals surface area contributed by atoms with Gasteiger partial charge in [-0.3, -0.25) is 0 Å². The van der Waals surface area contributed by atoms with Gasteiger partial charge in [-0.15, -0.1) is 0 Å². The first-order valence-electron chi connectivity index (χ1n) is 17.3. The van der Waals surface area contributed by atoms with Gasteiger partial charge < -0.3 is 4.57 Å². The maximum atomic E-state index is 2.45. The van der Waals surface area contributed by atoms with Crippen LogP contribution in [0.1, 0.15) is 0 Å². The Labute approximate surface area is 306 Å². The summed E-state index contributed by atoms with van der Waals surface area (Å²) in [6, 6.07) is 68.8. The summed E-state index contributed by atoms with van der Waals surface area (Å²) in [5.74, 6) is 0. The highest BCUT2D eigenvalue weighted by molar-refractivity contribution is 8.00. The third kappa shape index (κ3) is 5.04. The topological polar surface area (TPSA) is 4.93 Å². The van der Waals surface area contributed by atoms with Gasteiger partial charge >= 0.3 is 0 Å². The summed E-state index contributed by atoms with van der Waals surface area (Å²) in [4.78, 5) is 5.01. The predicted octanol–water partition coefficient (Wildman–Crippen LogP) is 14.1. The van der Waals surface area contributed by atoms with E-state index in [4.69, 9.17) is 0 Å². The lowest BCUT2D eigenvalue weighted by Crippen LogP contribution is -1.98. The fourth-order valence-corrected chi connectivity index (χ4v) is 10.0. The van der Waals surface area contributed by atoms with Crippen molar-refractivity contribution >= 4 is 45.3 Å². The normalized spacial score (nSPS) is 12.2. The molecule has 0 radical (unpaired) electrons. The van der Waals surface area contributed by atoms with Crippen molar-refractivity contribution in [1.29, 1.82) is 0 Å². The molecule has 9 aromatic rings. The monoisotopic (exact) mass is 685 g/mol. The van der Waals surface area contributed by atoms with Gasteiger partial charge in [-0.1, -0.05) is 175 Å². The lowest BCUT2D eigenvalue weighted by atomic mass is 9.91. The van der Waals surface area contributed by atoms with E-state index >= 15 is 0 Å². The Morgan fingerprint density at radius 1 is 0.333 bits per heavy atom. The summed E-state index contributed by atoms with van der Waals surface area (Å²) in [5, 5.41) is 2.51. The number of hydrogen-bond donors (Lipinski definition) is 0. The second kappa shape index (κ2) is 12.5. The van der Waals surface area contributed by atoms with Crippen molar-refractivity contribution in [3.8, 4) is 50.2 Å². The third-order valence-electron chi connectivity index (χ3n) is 9.89. The van der Waals surface area contributed by atoms with Crippen LogP contribution in [0.25, 0.3) is 72.0 Å². The van der Waals surface area contributed by atoms with Crippen molar-refractivity contribution in [2.75, 3.05) is 0 Å². The van der Waals surface area contributed by atoms with Crippen LogP contribution in [0.4, 0.5) is 0 Å². The summed E-state index contributed by atoms with van der Waals surface area (Å²) in [7, 11) is 0. The molecular weight excluding hydrogens is 655 g/mol. The van der Waals surface area contributed by atoms with E-state index < -0.39 is 0 Å². The molecule has 3 heteroatoms. The van der Waals surface area contributed by atoms with Gasteiger partial charge in [0.2, 0.25) is 0 Å². The molecular formula is C48H31NS2. The minimum absolute atomic E-state index is 1.16. The highest BCUT2D eigenvalue weighted by Crippen LogP contribution is 2.53. The first kappa shape index (κ1) is 30.1. The van der Waals surface area contributed by atoms with Gasteiger partial charge in [0, 0.05) is 47.2 Å². The Balaban J connectivity index is 1.34. The fraction of sp³-hybridized carbons (Fsp3) is 0. The number of rotatable bonds is 3. The minimum atomic E-state index is 1.16. The molecule has 0 fully saturated rings. The van der Waals surface area contributed by atoms with E-state index in [-0.39, 0.29) is 0 Å². The highest BCUT2D eigenvalue weighted by Gasteiger charge is 2.25. The molecule has 0 atom stereocenters. The Kier molecular flexibility index (Phi) is 7.41. The smallest absolute Gasteiger partial charge is 0.0619 e. The first-order valence-corrected chi connectivity index (χ1v) is 18.9. The van der Waals surface area contributed by atoms with Gasteiger partial charge in [0.1, 0.15) is 0 Å². The van der Waals surface area contributed by atoms with Crippen molar-refractivity contribution in [3.63, 3.8) is 0 Å². The summed E-state index contributed by atoms with van der Waals surface area (Å²) in [6.07, 6.45) is 0. The van der Waals surface area contributed by atoms with E-state index in [2.05, 4.69) is 193 Å². The van der Waals surface area contributed by atoms with E-state index in [1.807, 2.05) is 23.5 Å². The van der Waals surface area contributed by atoms with Gasteiger partial charge in [-0.2, -0.15) is 0 Å². The number of hydrogen-bond acceptors (Lipinski definition) is 2. The predicted molar refractivity (Wildman–Crippen MR) is 217 cm³/mol. The van der Waals surface area contributed by atoms with Gasteiger partial charge in [0.25, 0.3) is 0 Å². The quantitative estimate of drug-likeness (QED) is 0.182. The molecule has 51 heavy (non-hydrogen) atoms. The van der Waals surface area contributed by atoms with E-state index in [0.29, 0.717) is 0 Å². The molecule has 1 nitrogen and oxygen atoms in total. The summed E-state index contributed by atoms with van der Waals surface area (Å²) in [6.45, 7) is 0. The fourth-order valence-electron chi connectivity index (χ4n) is 7.67. The van der Waals surface area contributed by atoms with Crippen molar-refractivity contribution in [3.05, 3.63) is 188 Å². The molecule has 0 amide bonds. The van der Waals surface area contributed by atoms with Gasteiger partial charge in [-0.05, 0) is 69.8 Å². The molecule has 0 bridgehead atoms. The van der Waals surface area contributed by atoms with Crippen molar-refractivity contribution < 1.29 is 0 Å². The SMILES string of the molecule is c1ccc(-c2cccc3c2Sc2ccccc2-c2ccccc2Sc2cccc(-c4cccc5c6ccccc6n(-c6ccccc6)c45)c2-3)cc1. The Bertz CT molecular complexity index is 2740. The van der Waals surface area contributed by atoms with Gasteiger partial charge in [0.05, 0.1) is 11.0 Å². The van der Waals surface area contributed by atoms with E-state index in [9.17, 15) is 0 Å². The Hall–Kier alpha value is -5.74. The largest absolute Gasteiger partial charge is 0.309 e. The van der Waals surface area contributed by atoms with Crippen LogP contribution in [-0.2, 0) is 0 Å². The molecule has 0 N–H and O–H groups in total. The number of nitrogens with zero attached hydrogens (tertiary/aromatic N) is 1. The van der Waals surface area contributed by atoms with E-state index in [0.717, 1.165) is 5.69 Å². The number of fused-ring (bicyclic) bond motifs is 9. The van der Waals surface area contributed by atoms with E-state index in [1.165, 1.54) is 85.9 Å². The molecule has 0 aliphatic carbocycles. The molecule has 0 spiro atoms. The number of benzene rings is 8. The molecule has 2 heterocycles. The number of para-hydroxylation sites is 3. The van der Waals surface area contributed by atoms with Crippen LogP contribution in [0.5, 0.6) is 0 Å². The van der Waals surface area contributed by atoms with Gasteiger partial charge in [0.15, 0.2) is 0 Å². The van der Waals surface area contributed by atoms with Crippen molar-refractivity contribution in [1.82, 2.24) is 4.57 Å². The second-order valence-electron chi connectivity index (χ2n) is 12.8. The number of aromatic nitrogens is 1. The van der Waals surface area contributed by atoms with Gasteiger partial charge in [-0.25, -0.2) is 0 Å². The minimum Gasteiger partial charge on any atom is -0.309 e. The molecule has 8 aromatic carbocycles. The molecule has 0 saturated heterocycles. The zero-order valence-electron chi connectivity index (χ0n) is 27.7.